The van der Waals surface area contributed by atoms with Crippen LogP contribution in [0.1, 0.15) is 18.4 Å². The topological polar surface area (TPSA) is 49.9 Å². The number of amidine groups is 1. The standard InChI is InChI=1S/C10H11BrN2/c11-8-3-1-2-7(6-8)10(4-5-10)9(12)13/h1-3,6H,4-5H2,(H3,12,13). The van der Waals surface area contributed by atoms with Gasteiger partial charge in [0.05, 0.1) is 5.41 Å². The minimum absolute atomic E-state index is 0.135. The van der Waals surface area contributed by atoms with Gasteiger partial charge in [-0.15, -0.1) is 0 Å². The first kappa shape index (κ1) is 8.75. The second kappa shape index (κ2) is 2.84. The van der Waals surface area contributed by atoms with Crippen LogP contribution in [0.25, 0.3) is 0 Å². The van der Waals surface area contributed by atoms with E-state index in [1.807, 2.05) is 18.2 Å². The van der Waals surface area contributed by atoms with Crippen LogP contribution in [0.5, 0.6) is 0 Å². The highest BCUT2D eigenvalue weighted by molar-refractivity contribution is 9.10. The van der Waals surface area contributed by atoms with Gasteiger partial charge in [-0.3, -0.25) is 5.41 Å². The van der Waals surface area contributed by atoms with E-state index in [-0.39, 0.29) is 5.41 Å². The summed E-state index contributed by atoms with van der Waals surface area (Å²) in [6.07, 6.45) is 2.03. The molecule has 3 heteroatoms. The van der Waals surface area contributed by atoms with Crippen molar-refractivity contribution in [2.24, 2.45) is 5.73 Å². The van der Waals surface area contributed by atoms with Gasteiger partial charge in [0.1, 0.15) is 5.84 Å². The molecule has 1 fully saturated rings. The molecule has 0 amide bonds. The number of hydrogen-bond acceptors (Lipinski definition) is 1. The fraction of sp³-hybridized carbons (Fsp3) is 0.300. The largest absolute Gasteiger partial charge is 0.387 e. The normalized spacial score (nSPS) is 18.2. The van der Waals surface area contributed by atoms with E-state index in [2.05, 4.69) is 22.0 Å². The second-order valence-electron chi connectivity index (χ2n) is 3.51. The van der Waals surface area contributed by atoms with Crippen LogP contribution < -0.4 is 5.73 Å². The maximum atomic E-state index is 7.53. The Morgan fingerprint density at radius 3 is 2.62 bits per heavy atom. The van der Waals surface area contributed by atoms with Crippen LogP contribution in [0.2, 0.25) is 0 Å². The van der Waals surface area contributed by atoms with E-state index in [1.165, 1.54) is 0 Å². The summed E-state index contributed by atoms with van der Waals surface area (Å²) in [6, 6.07) is 8.07. The van der Waals surface area contributed by atoms with Gasteiger partial charge in [-0.2, -0.15) is 0 Å². The molecule has 68 valence electrons. The van der Waals surface area contributed by atoms with Crippen LogP contribution in [0.3, 0.4) is 0 Å². The minimum Gasteiger partial charge on any atom is -0.387 e. The number of rotatable bonds is 2. The van der Waals surface area contributed by atoms with Gasteiger partial charge in [0, 0.05) is 4.47 Å². The first-order valence-electron chi connectivity index (χ1n) is 4.26. The van der Waals surface area contributed by atoms with Crippen molar-refractivity contribution in [2.75, 3.05) is 0 Å². The van der Waals surface area contributed by atoms with Crippen LogP contribution in [0.4, 0.5) is 0 Å². The summed E-state index contributed by atoms with van der Waals surface area (Å²) in [5.41, 5.74) is 6.61. The Kier molecular flexibility index (Phi) is 1.91. The first-order valence-corrected chi connectivity index (χ1v) is 5.05. The smallest absolute Gasteiger partial charge is 0.101 e. The molecule has 0 saturated heterocycles. The average molecular weight is 239 g/mol. The van der Waals surface area contributed by atoms with Gasteiger partial charge >= 0.3 is 0 Å². The third kappa shape index (κ3) is 1.37. The summed E-state index contributed by atoms with van der Waals surface area (Å²) in [5.74, 6) is 0.297. The van der Waals surface area contributed by atoms with E-state index in [1.54, 1.807) is 0 Å². The summed E-state index contributed by atoms with van der Waals surface area (Å²) >= 11 is 3.42. The average Bonchev–Trinajstić information content (AvgIpc) is 2.83. The van der Waals surface area contributed by atoms with Gasteiger partial charge in [-0.25, -0.2) is 0 Å². The number of nitrogens with two attached hydrogens (primary N) is 1. The molecule has 2 rings (SSSR count). The summed E-state index contributed by atoms with van der Waals surface area (Å²) in [4.78, 5) is 0. The van der Waals surface area contributed by atoms with Crippen molar-refractivity contribution < 1.29 is 0 Å². The highest BCUT2D eigenvalue weighted by Crippen LogP contribution is 2.48. The Balaban J connectivity index is 2.41. The fourth-order valence-corrected chi connectivity index (χ4v) is 2.02. The lowest BCUT2D eigenvalue weighted by Crippen LogP contribution is -2.27. The molecule has 3 N–H and O–H groups in total. The van der Waals surface area contributed by atoms with Crippen LogP contribution in [0.15, 0.2) is 28.7 Å². The van der Waals surface area contributed by atoms with Crippen molar-refractivity contribution in [1.82, 2.24) is 0 Å². The quantitative estimate of drug-likeness (QED) is 0.604. The molecule has 1 aromatic rings. The van der Waals surface area contributed by atoms with Crippen LogP contribution in [-0.4, -0.2) is 5.84 Å². The lowest BCUT2D eigenvalue weighted by atomic mass is 9.95. The molecule has 0 radical (unpaired) electrons. The number of hydrogen-bond donors (Lipinski definition) is 2. The SMILES string of the molecule is N=C(N)C1(c2cccc(Br)c2)CC1. The minimum atomic E-state index is -0.135. The Bertz CT molecular complexity index is 356. The summed E-state index contributed by atoms with van der Waals surface area (Å²) < 4.78 is 1.05. The number of benzene rings is 1. The molecule has 0 spiro atoms. The zero-order chi connectivity index (χ0) is 9.47. The Hall–Kier alpha value is -0.830. The van der Waals surface area contributed by atoms with Gasteiger partial charge in [0.25, 0.3) is 0 Å². The second-order valence-corrected chi connectivity index (χ2v) is 4.42. The predicted molar refractivity (Wildman–Crippen MR) is 57.0 cm³/mol. The molecule has 1 aliphatic rings. The summed E-state index contributed by atoms with van der Waals surface area (Å²) in [6.45, 7) is 0. The van der Waals surface area contributed by atoms with Crippen molar-refractivity contribution in [1.29, 1.82) is 5.41 Å². The maximum absolute atomic E-state index is 7.53. The Morgan fingerprint density at radius 2 is 2.15 bits per heavy atom. The van der Waals surface area contributed by atoms with Crippen molar-refractivity contribution in [2.45, 2.75) is 18.3 Å². The molecule has 1 saturated carbocycles. The van der Waals surface area contributed by atoms with Crippen LogP contribution in [0, 0.1) is 5.41 Å². The fourth-order valence-electron chi connectivity index (χ4n) is 1.62. The maximum Gasteiger partial charge on any atom is 0.101 e. The zero-order valence-electron chi connectivity index (χ0n) is 7.18. The van der Waals surface area contributed by atoms with Crippen molar-refractivity contribution >= 4 is 21.8 Å². The molecule has 1 aliphatic carbocycles. The third-order valence-electron chi connectivity index (χ3n) is 2.64. The van der Waals surface area contributed by atoms with Gasteiger partial charge in [-0.1, -0.05) is 28.1 Å². The summed E-state index contributed by atoms with van der Waals surface area (Å²) in [7, 11) is 0. The van der Waals surface area contributed by atoms with Gasteiger partial charge in [0.2, 0.25) is 0 Å². The number of nitrogens with one attached hydrogen (secondary N) is 1. The zero-order valence-corrected chi connectivity index (χ0v) is 8.76. The first-order chi connectivity index (χ1) is 6.15. The molecule has 0 heterocycles. The molecule has 0 aliphatic heterocycles. The van der Waals surface area contributed by atoms with Gasteiger partial charge < -0.3 is 5.73 Å². The van der Waals surface area contributed by atoms with E-state index in [9.17, 15) is 0 Å². The molecular formula is C10H11BrN2. The molecule has 0 atom stereocenters. The molecule has 0 bridgehead atoms. The number of halogens is 1. The van der Waals surface area contributed by atoms with E-state index < -0.39 is 0 Å². The highest BCUT2D eigenvalue weighted by atomic mass is 79.9. The van der Waals surface area contributed by atoms with Crippen LogP contribution >= 0.6 is 15.9 Å². The van der Waals surface area contributed by atoms with E-state index in [4.69, 9.17) is 11.1 Å². The lowest BCUT2D eigenvalue weighted by molar-refractivity contribution is 0.921. The van der Waals surface area contributed by atoms with Crippen molar-refractivity contribution in [3.63, 3.8) is 0 Å². The molecule has 2 nitrogen and oxygen atoms in total. The Labute approximate surface area is 85.8 Å². The molecule has 0 aromatic heterocycles. The van der Waals surface area contributed by atoms with Crippen molar-refractivity contribution in [3.05, 3.63) is 34.3 Å². The van der Waals surface area contributed by atoms with Gasteiger partial charge in [-0.05, 0) is 30.5 Å². The molecule has 13 heavy (non-hydrogen) atoms. The van der Waals surface area contributed by atoms with E-state index >= 15 is 0 Å². The Morgan fingerprint density at radius 1 is 1.46 bits per heavy atom. The highest BCUT2D eigenvalue weighted by Gasteiger charge is 2.47. The van der Waals surface area contributed by atoms with E-state index in [0.29, 0.717) is 5.84 Å². The van der Waals surface area contributed by atoms with E-state index in [0.717, 1.165) is 22.9 Å². The van der Waals surface area contributed by atoms with Gasteiger partial charge in [0.15, 0.2) is 0 Å². The monoisotopic (exact) mass is 238 g/mol. The molecular weight excluding hydrogens is 228 g/mol. The van der Waals surface area contributed by atoms with Crippen molar-refractivity contribution in [3.8, 4) is 0 Å². The van der Waals surface area contributed by atoms with Crippen LogP contribution in [-0.2, 0) is 5.41 Å². The molecule has 1 aromatic carbocycles. The molecule has 0 unspecified atom stereocenters. The third-order valence-corrected chi connectivity index (χ3v) is 3.14. The summed E-state index contributed by atoms with van der Waals surface area (Å²) in [5, 5.41) is 7.53. The predicted octanol–water partition coefficient (Wildman–Crippen LogP) is 2.42. The lowest BCUT2D eigenvalue weighted by Gasteiger charge is -2.13.